The Balaban J connectivity index is 2.39. The maximum atomic E-state index is 12.2. The Hall–Kier alpha value is -2.44. The van der Waals surface area contributed by atoms with Crippen LogP contribution in [0.1, 0.15) is 10.5 Å². The number of hydrogen-bond donors (Lipinski definition) is 1. The van der Waals surface area contributed by atoms with Crippen LogP contribution in [0.3, 0.4) is 0 Å². The average molecular weight is 254 g/mol. The molecule has 0 saturated carbocycles. The van der Waals surface area contributed by atoms with Crippen molar-refractivity contribution in [2.45, 2.75) is 6.61 Å². The van der Waals surface area contributed by atoms with Crippen molar-refractivity contribution in [1.82, 2.24) is 9.55 Å². The molecule has 0 atom stereocenters. The molecule has 2 aromatic rings. The lowest BCUT2D eigenvalue weighted by molar-refractivity contribution is -0.0498. The van der Waals surface area contributed by atoms with Crippen molar-refractivity contribution in [1.29, 1.82) is 0 Å². The first kappa shape index (κ1) is 12.0. The van der Waals surface area contributed by atoms with E-state index < -0.39 is 12.6 Å². The molecule has 0 spiro atoms. The Morgan fingerprint density at radius 2 is 2.11 bits per heavy atom. The van der Waals surface area contributed by atoms with E-state index in [2.05, 4.69) is 9.72 Å². The van der Waals surface area contributed by atoms with Gasteiger partial charge in [0.2, 0.25) is 0 Å². The van der Waals surface area contributed by atoms with Gasteiger partial charge in [-0.05, 0) is 12.1 Å². The number of carboxylic acid groups (broad SMARTS) is 1. The molecule has 1 heterocycles. The summed E-state index contributed by atoms with van der Waals surface area (Å²) < 4.78 is 30.1. The number of benzene rings is 1. The quantitative estimate of drug-likeness (QED) is 0.908. The van der Waals surface area contributed by atoms with Crippen LogP contribution >= 0.6 is 0 Å². The second-order valence-electron chi connectivity index (χ2n) is 3.32. The molecule has 0 unspecified atom stereocenters. The molecule has 1 aromatic carbocycles. The van der Waals surface area contributed by atoms with Crippen LogP contribution in [0.5, 0.6) is 5.75 Å². The minimum atomic E-state index is -2.95. The highest BCUT2D eigenvalue weighted by Gasteiger charge is 2.13. The Kier molecular flexibility index (Phi) is 3.22. The van der Waals surface area contributed by atoms with Crippen LogP contribution < -0.4 is 4.74 Å². The smallest absolute Gasteiger partial charge is 0.387 e. The maximum Gasteiger partial charge on any atom is 0.387 e. The van der Waals surface area contributed by atoms with Gasteiger partial charge in [0.1, 0.15) is 12.1 Å². The van der Waals surface area contributed by atoms with Gasteiger partial charge in [0.15, 0.2) is 5.69 Å². The van der Waals surface area contributed by atoms with Crippen molar-refractivity contribution in [3.8, 4) is 11.4 Å². The molecule has 0 aliphatic rings. The zero-order chi connectivity index (χ0) is 13.1. The molecule has 94 valence electrons. The molecule has 0 fully saturated rings. The summed E-state index contributed by atoms with van der Waals surface area (Å²) in [6, 6.07) is 6.04. The Bertz CT molecular complexity index is 569. The first-order chi connectivity index (χ1) is 8.58. The van der Waals surface area contributed by atoms with Crippen molar-refractivity contribution in [2.75, 3.05) is 0 Å². The van der Waals surface area contributed by atoms with Gasteiger partial charge < -0.3 is 14.4 Å². The van der Waals surface area contributed by atoms with Gasteiger partial charge in [-0.2, -0.15) is 8.78 Å². The maximum absolute atomic E-state index is 12.2. The number of imidazole rings is 1. The number of nitrogens with zero attached hydrogens (tertiary/aromatic N) is 2. The highest BCUT2D eigenvalue weighted by molar-refractivity contribution is 5.85. The van der Waals surface area contributed by atoms with Crippen molar-refractivity contribution in [2.24, 2.45) is 0 Å². The second-order valence-corrected chi connectivity index (χ2v) is 3.32. The first-order valence-electron chi connectivity index (χ1n) is 4.89. The van der Waals surface area contributed by atoms with Crippen LogP contribution in [-0.2, 0) is 0 Å². The molecule has 0 aliphatic carbocycles. The van der Waals surface area contributed by atoms with Crippen molar-refractivity contribution >= 4 is 5.97 Å². The standard InChI is InChI=1S/C11H8F2N2O3/c12-11(13)18-9-4-2-1-3-8(9)15-5-7(10(16)17)14-6-15/h1-6,11H,(H,16,17). The Morgan fingerprint density at radius 3 is 2.72 bits per heavy atom. The van der Waals surface area contributed by atoms with Crippen LogP contribution in [0.15, 0.2) is 36.8 Å². The summed E-state index contributed by atoms with van der Waals surface area (Å²) in [6.07, 6.45) is 2.44. The number of hydrogen-bond acceptors (Lipinski definition) is 3. The topological polar surface area (TPSA) is 64.3 Å². The number of halogens is 2. The van der Waals surface area contributed by atoms with Crippen LogP contribution in [0.25, 0.3) is 5.69 Å². The summed E-state index contributed by atoms with van der Waals surface area (Å²) >= 11 is 0. The largest absolute Gasteiger partial charge is 0.476 e. The van der Waals surface area contributed by atoms with Crippen LogP contribution in [-0.4, -0.2) is 27.2 Å². The molecular formula is C11H8F2N2O3. The number of aromatic carboxylic acids is 1. The molecule has 7 heteroatoms. The second kappa shape index (κ2) is 4.82. The lowest BCUT2D eigenvalue weighted by Crippen LogP contribution is -2.05. The molecule has 5 nitrogen and oxygen atoms in total. The monoisotopic (exact) mass is 254 g/mol. The van der Waals surface area contributed by atoms with Gasteiger partial charge in [0.25, 0.3) is 0 Å². The van der Waals surface area contributed by atoms with Crippen LogP contribution in [0, 0.1) is 0 Å². The van der Waals surface area contributed by atoms with E-state index in [-0.39, 0.29) is 17.1 Å². The van der Waals surface area contributed by atoms with E-state index in [0.717, 1.165) is 0 Å². The molecule has 18 heavy (non-hydrogen) atoms. The SMILES string of the molecule is O=C(O)c1cn(-c2ccccc2OC(F)F)cn1. The molecule has 0 amide bonds. The normalized spacial score (nSPS) is 10.6. The van der Waals surface area contributed by atoms with Crippen molar-refractivity contribution < 1.29 is 23.4 Å². The lowest BCUT2D eigenvalue weighted by Gasteiger charge is -2.10. The Labute approximate surface area is 100 Å². The predicted octanol–water partition coefficient (Wildman–Crippen LogP) is 2.17. The van der Waals surface area contributed by atoms with E-state index in [9.17, 15) is 13.6 Å². The van der Waals surface area contributed by atoms with Crippen molar-refractivity contribution in [3.05, 3.63) is 42.5 Å². The minimum Gasteiger partial charge on any atom is -0.476 e. The first-order valence-corrected chi connectivity index (χ1v) is 4.89. The van der Waals surface area contributed by atoms with E-state index in [1.165, 1.54) is 35.3 Å². The summed E-state index contributed by atoms with van der Waals surface area (Å²) in [5.74, 6) is -1.25. The van der Waals surface area contributed by atoms with E-state index in [0.29, 0.717) is 0 Å². The van der Waals surface area contributed by atoms with Crippen LogP contribution in [0.2, 0.25) is 0 Å². The van der Waals surface area contributed by atoms with Gasteiger partial charge in [-0.15, -0.1) is 0 Å². The predicted molar refractivity (Wildman–Crippen MR) is 57.2 cm³/mol. The molecule has 0 radical (unpaired) electrons. The number of carboxylic acids is 1. The third-order valence-corrected chi connectivity index (χ3v) is 2.16. The average Bonchev–Trinajstić information content (AvgIpc) is 2.78. The van der Waals surface area contributed by atoms with E-state index >= 15 is 0 Å². The fraction of sp³-hybridized carbons (Fsp3) is 0.0909. The van der Waals surface area contributed by atoms with Gasteiger partial charge in [0.05, 0.1) is 5.69 Å². The molecule has 1 aromatic heterocycles. The van der Waals surface area contributed by atoms with E-state index in [4.69, 9.17) is 5.11 Å². The van der Waals surface area contributed by atoms with Crippen molar-refractivity contribution in [3.63, 3.8) is 0 Å². The van der Waals surface area contributed by atoms with Gasteiger partial charge >= 0.3 is 12.6 Å². The minimum absolute atomic E-state index is 0.0539. The summed E-state index contributed by atoms with van der Waals surface area (Å²) in [5.41, 5.74) is 0.111. The number of aromatic nitrogens is 2. The highest BCUT2D eigenvalue weighted by atomic mass is 19.3. The number of rotatable bonds is 4. The molecule has 1 N–H and O–H groups in total. The third-order valence-electron chi connectivity index (χ3n) is 2.16. The molecular weight excluding hydrogens is 246 g/mol. The summed E-state index contributed by atoms with van der Waals surface area (Å²) in [4.78, 5) is 14.3. The summed E-state index contributed by atoms with van der Waals surface area (Å²) in [6.45, 7) is -2.95. The number of para-hydroxylation sites is 2. The zero-order valence-corrected chi connectivity index (χ0v) is 8.96. The number of carbonyl (C=O) groups is 1. The fourth-order valence-electron chi connectivity index (χ4n) is 1.43. The molecule has 2 rings (SSSR count). The van der Waals surface area contributed by atoms with Gasteiger partial charge in [-0.25, -0.2) is 9.78 Å². The molecule has 0 saturated heterocycles. The lowest BCUT2D eigenvalue weighted by atomic mass is 10.3. The number of alkyl halides is 2. The Morgan fingerprint density at radius 1 is 1.39 bits per heavy atom. The number of ether oxygens (including phenoxy) is 1. The summed E-state index contributed by atoms with van der Waals surface area (Å²) in [5, 5.41) is 8.73. The van der Waals surface area contributed by atoms with Gasteiger partial charge in [0, 0.05) is 6.20 Å². The van der Waals surface area contributed by atoms with Crippen LogP contribution in [0.4, 0.5) is 8.78 Å². The third kappa shape index (κ3) is 2.45. The fourth-order valence-corrected chi connectivity index (χ4v) is 1.43. The van der Waals surface area contributed by atoms with E-state index in [1.54, 1.807) is 6.07 Å². The molecule has 0 bridgehead atoms. The van der Waals surface area contributed by atoms with Gasteiger partial charge in [-0.1, -0.05) is 12.1 Å². The molecule has 0 aliphatic heterocycles. The van der Waals surface area contributed by atoms with E-state index in [1.807, 2.05) is 0 Å². The summed E-state index contributed by atoms with van der Waals surface area (Å²) in [7, 11) is 0. The highest BCUT2D eigenvalue weighted by Crippen LogP contribution is 2.24. The van der Waals surface area contributed by atoms with Gasteiger partial charge in [-0.3, -0.25) is 0 Å². The zero-order valence-electron chi connectivity index (χ0n) is 8.96.